The average molecular weight is 478 g/mol. The van der Waals surface area contributed by atoms with Gasteiger partial charge in [-0.2, -0.15) is 10.2 Å². The lowest BCUT2D eigenvalue weighted by atomic mass is 9.78. The number of fused-ring (bicyclic) bond motifs is 1. The molecule has 0 bridgehead atoms. The summed E-state index contributed by atoms with van der Waals surface area (Å²) in [5.74, 6) is 1.66. The lowest BCUT2D eigenvalue weighted by molar-refractivity contribution is 0.222. The van der Waals surface area contributed by atoms with Crippen LogP contribution in [0.2, 0.25) is 5.02 Å². The van der Waals surface area contributed by atoms with Crippen molar-refractivity contribution in [1.82, 2.24) is 39.8 Å². The van der Waals surface area contributed by atoms with Crippen molar-refractivity contribution in [2.75, 3.05) is 38.1 Å². The van der Waals surface area contributed by atoms with Gasteiger partial charge >= 0.3 is 0 Å². The first-order valence-electron chi connectivity index (χ1n) is 11.8. The van der Waals surface area contributed by atoms with Crippen molar-refractivity contribution in [3.8, 4) is 11.4 Å². The van der Waals surface area contributed by atoms with Crippen LogP contribution in [0.5, 0.6) is 0 Å². The predicted molar refractivity (Wildman–Crippen MR) is 132 cm³/mol. The third-order valence-corrected chi connectivity index (χ3v) is 7.56. The van der Waals surface area contributed by atoms with Crippen LogP contribution < -0.4 is 4.90 Å². The Bertz CT molecular complexity index is 1340. The molecule has 176 valence electrons. The lowest BCUT2D eigenvalue weighted by Crippen LogP contribution is -2.41. The van der Waals surface area contributed by atoms with E-state index in [9.17, 15) is 0 Å². The van der Waals surface area contributed by atoms with Crippen molar-refractivity contribution < 1.29 is 0 Å². The van der Waals surface area contributed by atoms with Gasteiger partial charge in [-0.3, -0.25) is 14.8 Å². The number of rotatable bonds is 4. The molecule has 0 atom stereocenters. The number of hydrogen-bond donors (Lipinski definition) is 1. The number of aromatic nitrogens is 7. The first-order valence-corrected chi connectivity index (χ1v) is 12.1. The first kappa shape index (κ1) is 21.5. The minimum atomic E-state index is 0.449. The van der Waals surface area contributed by atoms with Crippen molar-refractivity contribution in [3.63, 3.8) is 0 Å². The predicted octanol–water partition coefficient (Wildman–Crippen LogP) is 3.54. The maximum atomic E-state index is 6.05. The van der Waals surface area contributed by atoms with E-state index in [0.29, 0.717) is 22.8 Å². The van der Waals surface area contributed by atoms with Gasteiger partial charge in [-0.15, -0.1) is 0 Å². The summed E-state index contributed by atoms with van der Waals surface area (Å²) < 4.78 is 1.79. The van der Waals surface area contributed by atoms with E-state index in [2.05, 4.69) is 43.2 Å². The molecule has 2 aliphatic rings. The highest BCUT2D eigenvalue weighted by Gasteiger charge is 2.39. The Balaban J connectivity index is 1.39. The van der Waals surface area contributed by atoms with Crippen LogP contribution in [0.25, 0.3) is 22.3 Å². The van der Waals surface area contributed by atoms with Gasteiger partial charge in [0.1, 0.15) is 5.82 Å². The largest absolute Gasteiger partial charge is 0.356 e. The Kier molecular flexibility index (Phi) is 5.26. The molecule has 0 aromatic carbocycles. The Hall–Kier alpha value is -3.04. The third kappa shape index (κ3) is 3.92. The highest BCUT2D eigenvalue weighted by atomic mass is 35.5. The quantitative estimate of drug-likeness (QED) is 0.480. The minimum Gasteiger partial charge on any atom is -0.356 e. The Labute approximate surface area is 203 Å². The summed E-state index contributed by atoms with van der Waals surface area (Å²) in [4.78, 5) is 19.5. The fourth-order valence-electron chi connectivity index (χ4n) is 5.44. The van der Waals surface area contributed by atoms with Crippen LogP contribution in [0.1, 0.15) is 30.7 Å². The van der Waals surface area contributed by atoms with Gasteiger partial charge in [0.25, 0.3) is 0 Å². The van der Waals surface area contributed by atoms with E-state index >= 15 is 0 Å². The monoisotopic (exact) mass is 477 g/mol. The van der Waals surface area contributed by atoms with Crippen molar-refractivity contribution in [3.05, 3.63) is 47.3 Å². The molecular formula is C24H28ClN9. The van der Waals surface area contributed by atoms with E-state index in [1.165, 1.54) is 32.4 Å². The van der Waals surface area contributed by atoms with Crippen molar-refractivity contribution in [2.45, 2.75) is 32.7 Å². The maximum Gasteiger partial charge on any atom is 0.165 e. The summed E-state index contributed by atoms with van der Waals surface area (Å²) in [7, 11) is 2.24. The van der Waals surface area contributed by atoms with Crippen LogP contribution in [0.3, 0.4) is 0 Å². The fourth-order valence-corrected chi connectivity index (χ4v) is 5.60. The Morgan fingerprint density at radius 2 is 1.94 bits per heavy atom. The summed E-state index contributed by atoms with van der Waals surface area (Å²) in [5, 5.41) is 13.1. The number of aryl methyl sites for hydroxylation is 1. The second-order valence-electron chi connectivity index (χ2n) is 9.78. The maximum absolute atomic E-state index is 6.05. The first-order chi connectivity index (χ1) is 16.5. The highest BCUT2D eigenvalue weighted by molar-refractivity contribution is 6.30. The molecule has 10 heteroatoms. The standard InChI is InChI=1S/C24H28ClN9/c1-16-20(11-27-31-16)22-29-21-12-26-18(14-34-13-17(25)10-28-34)9-19(21)23(30-22)33-7-4-24(5-8-33)3-6-32(2)15-24/h9-13H,3-8,14-15H2,1-2H3,(H,27,31). The van der Waals surface area contributed by atoms with E-state index in [1.807, 2.05) is 19.3 Å². The number of hydrogen-bond acceptors (Lipinski definition) is 7. The van der Waals surface area contributed by atoms with Crippen LogP contribution in [-0.2, 0) is 6.54 Å². The molecule has 0 aliphatic carbocycles. The summed E-state index contributed by atoms with van der Waals surface area (Å²) in [6.45, 7) is 6.90. The normalized spacial score (nSPS) is 18.4. The van der Waals surface area contributed by atoms with E-state index in [0.717, 1.165) is 46.8 Å². The number of anilines is 1. The number of halogens is 1. The Morgan fingerprint density at radius 3 is 2.62 bits per heavy atom. The van der Waals surface area contributed by atoms with E-state index in [-0.39, 0.29) is 0 Å². The molecule has 1 spiro atoms. The summed E-state index contributed by atoms with van der Waals surface area (Å²) in [6.07, 6.45) is 10.8. The molecule has 6 rings (SSSR count). The molecule has 4 aromatic heterocycles. The molecule has 0 amide bonds. The number of nitrogens with zero attached hydrogens (tertiary/aromatic N) is 8. The summed E-state index contributed by atoms with van der Waals surface area (Å²) in [6, 6.07) is 2.10. The van der Waals surface area contributed by atoms with Gasteiger partial charge in [-0.1, -0.05) is 11.6 Å². The van der Waals surface area contributed by atoms with Crippen LogP contribution in [0.15, 0.2) is 30.9 Å². The number of nitrogens with one attached hydrogen (secondary N) is 1. The fraction of sp³-hybridized carbons (Fsp3) is 0.458. The molecular weight excluding hydrogens is 450 g/mol. The molecule has 9 nitrogen and oxygen atoms in total. The number of likely N-dealkylation sites (tertiary alicyclic amines) is 1. The second-order valence-corrected chi connectivity index (χ2v) is 10.2. The van der Waals surface area contributed by atoms with Crippen LogP contribution >= 0.6 is 11.6 Å². The molecule has 0 unspecified atom stereocenters. The van der Waals surface area contributed by atoms with Gasteiger partial charge in [0.15, 0.2) is 5.82 Å². The zero-order chi connectivity index (χ0) is 23.3. The molecule has 4 aromatic rings. The summed E-state index contributed by atoms with van der Waals surface area (Å²) in [5.41, 5.74) is 3.99. The smallest absolute Gasteiger partial charge is 0.165 e. The van der Waals surface area contributed by atoms with E-state index in [4.69, 9.17) is 21.6 Å². The van der Waals surface area contributed by atoms with Gasteiger partial charge in [0.05, 0.1) is 46.4 Å². The molecule has 34 heavy (non-hydrogen) atoms. The zero-order valence-corrected chi connectivity index (χ0v) is 20.3. The molecule has 2 aliphatic heterocycles. The average Bonchev–Trinajstić information content (AvgIpc) is 3.54. The Morgan fingerprint density at radius 1 is 1.12 bits per heavy atom. The van der Waals surface area contributed by atoms with Crippen molar-refractivity contribution >= 4 is 28.3 Å². The molecule has 2 fully saturated rings. The molecule has 6 heterocycles. The second kappa shape index (κ2) is 8.32. The van der Waals surface area contributed by atoms with Gasteiger partial charge in [0, 0.05) is 37.4 Å². The lowest BCUT2D eigenvalue weighted by Gasteiger charge is -2.40. The van der Waals surface area contributed by atoms with E-state index in [1.54, 1.807) is 17.1 Å². The van der Waals surface area contributed by atoms with Gasteiger partial charge in [0.2, 0.25) is 0 Å². The SMILES string of the molecule is Cc1n[nH]cc1-c1nc(N2CCC3(CCN(C)C3)CC2)c2cc(Cn3cc(Cl)cn3)ncc2n1. The number of pyridine rings is 1. The number of piperidine rings is 1. The van der Waals surface area contributed by atoms with Crippen molar-refractivity contribution in [1.29, 1.82) is 0 Å². The third-order valence-electron chi connectivity index (χ3n) is 7.37. The number of aromatic amines is 1. The zero-order valence-electron chi connectivity index (χ0n) is 19.5. The molecule has 2 saturated heterocycles. The van der Waals surface area contributed by atoms with Crippen LogP contribution in [-0.4, -0.2) is 73.1 Å². The topological polar surface area (TPSA) is 91.7 Å². The minimum absolute atomic E-state index is 0.449. The van der Waals surface area contributed by atoms with Crippen molar-refractivity contribution in [2.24, 2.45) is 5.41 Å². The van der Waals surface area contributed by atoms with Crippen LogP contribution in [0, 0.1) is 12.3 Å². The summed E-state index contributed by atoms with van der Waals surface area (Å²) >= 11 is 6.05. The van der Waals surface area contributed by atoms with Crippen LogP contribution in [0.4, 0.5) is 5.82 Å². The van der Waals surface area contributed by atoms with Gasteiger partial charge in [-0.25, -0.2) is 9.97 Å². The number of H-pyrrole nitrogens is 1. The van der Waals surface area contributed by atoms with E-state index < -0.39 is 0 Å². The molecule has 0 saturated carbocycles. The molecule has 0 radical (unpaired) electrons. The highest BCUT2D eigenvalue weighted by Crippen LogP contribution is 2.41. The van der Waals surface area contributed by atoms with Gasteiger partial charge < -0.3 is 9.80 Å². The molecule has 1 N–H and O–H groups in total. The van der Waals surface area contributed by atoms with Gasteiger partial charge in [-0.05, 0) is 51.3 Å².